The molecule has 0 aliphatic rings. The number of halogens is 2. The molecule has 2 aromatic rings. The average molecular weight is 252 g/mol. The molecule has 2 nitrogen and oxygen atoms in total. The minimum Gasteiger partial charge on any atom is -0.298 e. The molecule has 88 valence electrons. The third-order valence-corrected chi connectivity index (χ3v) is 2.96. The highest BCUT2D eigenvalue weighted by Gasteiger charge is 2.16. The standard InChI is InChI=1S/C13H11ClFNO/c1-7(2)12-9-4-3-8(15)5-11(9)16-13(14)10(12)6-17/h3-7H,1-2H3. The molecule has 0 atom stereocenters. The van der Waals surface area contributed by atoms with Crippen LogP contribution in [0.1, 0.15) is 35.7 Å². The zero-order chi connectivity index (χ0) is 12.6. The molecular formula is C13H11ClFNO. The molecule has 0 N–H and O–H groups in total. The molecule has 17 heavy (non-hydrogen) atoms. The molecule has 0 saturated carbocycles. The van der Waals surface area contributed by atoms with Crippen molar-refractivity contribution in [3.05, 3.63) is 40.3 Å². The smallest absolute Gasteiger partial charge is 0.153 e. The molecule has 0 saturated heterocycles. The second kappa shape index (κ2) is 4.41. The van der Waals surface area contributed by atoms with Crippen molar-refractivity contribution in [3.8, 4) is 0 Å². The fraction of sp³-hybridized carbons (Fsp3) is 0.231. The maximum Gasteiger partial charge on any atom is 0.153 e. The zero-order valence-electron chi connectivity index (χ0n) is 9.50. The van der Waals surface area contributed by atoms with E-state index in [1.807, 2.05) is 13.8 Å². The number of pyridine rings is 1. The van der Waals surface area contributed by atoms with Crippen molar-refractivity contribution in [1.82, 2.24) is 4.98 Å². The lowest BCUT2D eigenvalue weighted by Gasteiger charge is -2.13. The quantitative estimate of drug-likeness (QED) is 0.597. The van der Waals surface area contributed by atoms with Gasteiger partial charge in [-0.2, -0.15) is 0 Å². The molecular weight excluding hydrogens is 241 g/mol. The zero-order valence-corrected chi connectivity index (χ0v) is 10.3. The Morgan fingerprint density at radius 3 is 2.71 bits per heavy atom. The van der Waals surface area contributed by atoms with Crippen molar-refractivity contribution in [2.45, 2.75) is 19.8 Å². The molecule has 1 heterocycles. The Bertz CT molecular complexity index is 595. The normalized spacial score (nSPS) is 11.1. The van der Waals surface area contributed by atoms with Crippen LogP contribution in [0.25, 0.3) is 10.9 Å². The molecule has 0 fully saturated rings. The molecule has 2 rings (SSSR count). The maximum absolute atomic E-state index is 13.1. The fourth-order valence-electron chi connectivity index (χ4n) is 1.98. The number of rotatable bonds is 2. The first-order chi connectivity index (χ1) is 8.04. The van der Waals surface area contributed by atoms with Crippen molar-refractivity contribution >= 4 is 28.8 Å². The summed E-state index contributed by atoms with van der Waals surface area (Å²) in [5.74, 6) is -0.252. The molecule has 4 heteroatoms. The van der Waals surface area contributed by atoms with Gasteiger partial charge in [0.25, 0.3) is 0 Å². The lowest BCUT2D eigenvalue weighted by Crippen LogP contribution is -2.00. The third kappa shape index (κ3) is 2.03. The van der Waals surface area contributed by atoms with E-state index < -0.39 is 0 Å². The summed E-state index contributed by atoms with van der Waals surface area (Å²) >= 11 is 5.94. The Morgan fingerprint density at radius 1 is 1.41 bits per heavy atom. The Balaban J connectivity index is 2.92. The second-order valence-electron chi connectivity index (χ2n) is 4.16. The Kier molecular flexibility index (Phi) is 3.11. The number of hydrogen-bond donors (Lipinski definition) is 0. The summed E-state index contributed by atoms with van der Waals surface area (Å²) < 4.78 is 13.1. The molecule has 0 unspecified atom stereocenters. The largest absolute Gasteiger partial charge is 0.298 e. The van der Waals surface area contributed by atoms with E-state index in [9.17, 15) is 9.18 Å². The van der Waals surface area contributed by atoms with Crippen LogP contribution in [0, 0.1) is 5.82 Å². The van der Waals surface area contributed by atoms with Crippen LogP contribution in [0.15, 0.2) is 18.2 Å². The van der Waals surface area contributed by atoms with Crippen LogP contribution in [0.4, 0.5) is 4.39 Å². The Hall–Kier alpha value is -1.48. The van der Waals surface area contributed by atoms with Gasteiger partial charge in [0.15, 0.2) is 6.29 Å². The maximum atomic E-state index is 13.1. The molecule has 1 aromatic carbocycles. The number of aldehydes is 1. The van der Waals surface area contributed by atoms with Gasteiger partial charge in [-0.3, -0.25) is 4.79 Å². The van der Waals surface area contributed by atoms with E-state index in [0.29, 0.717) is 17.4 Å². The predicted octanol–water partition coefficient (Wildman–Crippen LogP) is 3.96. The number of carbonyl (C=O) groups is 1. The SMILES string of the molecule is CC(C)c1c(C=O)c(Cl)nc2cc(F)ccc12. The van der Waals surface area contributed by atoms with E-state index in [1.165, 1.54) is 12.1 Å². The minimum absolute atomic E-state index is 0.115. The Labute approximate surface area is 103 Å². The van der Waals surface area contributed by atoms with Crippen molar-refractivity contribution < 1.29 is 9.18 Å². The van der Waals surface area contributed by atoms with E-state index in [2.05, 4.69) is 4.98 Å². The van der Waals surface area contributed by atoms with Crippen molar-refractivity contribution in [1.29, 1.82) is 0 Å². The predicted molar refractivity (Wildman–Crippen MR) is 66.2 cm³/mol. The Morgan fingerprint density at radius 2 is 2.12 bits per heavy atom. The molecule has 0 amide bonds. The first kappa shape index (κ1) is 12.0. The van der Waals surface area contributed by atoms with E-state index in [4.69, 9.17) is 11.6 Å². The molecule has 0 aliphatic carbocycles. The number of benzene rings is 1. The van der Waals surface area contributed by atoms with Gasteiger partial charge in [0.1, 0.15) is 11.0 Å². The fourth-order valence-corrected chi connectivity index (χ4v) is 2.22. The van der Waals surface area contributed by atoms with Gasteiger partial charge in [-0.25, -0.2) is 9.37 Å². The van der Waals surface area contributed by atoms with E-state index in [0.717, 1.165) is 10.9 Å². The summed E-state index contributed by atoms with van der Waals surface area (Å²) in [6, 6.07) is 4.32. The summed E-state index contributed by atoms with van der Waals surface area (Å²) in [5.41, 5.74) is 1.68. The van der Waals surface area contributed by atoms with Crippen LogP contribution in [0.2, 0.25) is 5.15 Å². The number of fused-ring (bicyclic) bond motifs is 1. The lowest BCUT2D eigenvalue weighted by molar-refractivity contribution is 0.112. The van der Waals surface area contributed by atoms with E-state index in [-0.39, 0.29) is 16.9 Å². The van der Waals surface area contributed by atoms with Crippen LogP contribution in [0.5, 0.6) is 0 Å². The van der Waals surface area contributed by atoms with Crippen LogP contribution >= 0.6 is 11.6 Å². The number of aromatic nitrogens is 1. The molecule has 0 radical (unpaired) electrons. The van der Waals surface area contributed by atoms with Gasteiger partial charge >= 0.3 is 0 Å². The first-order valence-electron chi connectivity index (χ1n) is 5.28. The van der Waals surface area contributed by atoms with Gasteiger partial charge in [0, 0.05) is 11.5 Å². The summed E-state index contributed by atoms with van der Waals surface area (Å²) in [6.45, 7) is 3.92. The van der Waals surface area contributed by atoms with Crippen molar-refractivity contribution in [3.63, 3.8) is 0 Å². The van der Waals surface area contributed by atoms with Crippen LogP contribution < -0.4 is 0 Å². The molecule has 1 aromatic heterocycles. The highest BCUT2D eigenvalue weighted by Crippen LogP contribution is 2.31. The average Bonchev–Trinajstić information content (AvgIpc) is 2.26. The van der Waals surface area contributed by atoms with Gasteiger partial charge in [-0.05, 0) is 23.6 Å². The minimum atomic E-state index is -0.366. The summed E-state index contributed by atoms with van der Waals surface area (Å²) in [6.07, 6.45) is 0.702. The van der Waals surface area contributed by atoms with Gasteiger partial charge in [-0.1, -0.05) is 25.4 Å². The van der Waals surface area contributed by atoms with Crippen LogP contribution in [0.3, 0.4) is 0 Å². The number of carbonyl (C=O) groups excluding carboxylic acids is 1. The van der Waals surface area contributed by atoms with Gasteiger partial charge < -0.3 is 0 Å². The van der Waals surface area contributed by atoms with Gasteiger partial charge in [0.05, 0.1) is 11.1 Å². The summed E-state index contributed by atoms with van der Waals surface area (Å²) in [4.78, 5) is 15.1. The van der Waals surface area contributed by atoms with Crippen LogP contribution in [-0.2, 0) is 0 Å². The third-order valence-electron chi connectivity index (χ3n) is 2.68. The lowest BCUT2D eigenvalue weighted by atomic mass is 9.94. The first-order valence-corrected chi connectivity index (χ1v) is 5.66. The number of hydrogen-bond acceptors (Lipinski definition) is 2. The van der Waals surface area contributed by atoms with Gasteiger partial charge in [0.2, 0.25) is 0 Å². The van der Waals surface area contributed by atoms with Crippen molar-refractivity contribution in [2.75, 3.05) is 0 Å². The summed E-state index contributed by atoms with van der Waals surface area (Å²) in [5, 5.41) is 0.898. The molecule has 0 aliphatic heterocycles. The molecule has 0 bridgehead atoms. The highest BCUT2D eigenvalue weighted by molar-refractivity contribution is 6.32. The van der Waals surface area contributed by atoms with E-state index in [1.54, 1.807) is 6.07 Å². The van der Waals surface area contributed by atoms with Gasteiger partial charge in [-0.15, -0.1) is 0 Å². The monoisotopic (exact) mass is 251 g/mol. The van der Waals surface area contributed by atoms with Crippen LogP contribution in [-0.4, -0.2) is 11.3 Å². The molecule has 0 spiro atoms. The second-order valence-corrected chi connectivity index (χ2v) is 4.52. The van der Waals surface area contributed by atoms with E-state index >= 15 is 0 Å². The summed E-state index contributed by atoms with van der Waals surface area (Å²) in [7, 11) is 0. The highest BCUT2D eigenvalue weighted by atomic mass is 35.5. The van der Waals surface area contributed by atoms with Crippen molar-refractivity contribution in [2.24, 2.45) is 0 Å². The topological polar surface area (TPSA) is 30.0 Å². The number of nitrogens with zero attached hydrogens (tertiary/aromatic N) is 1.